The Morgan fingerprint density at radius 3 is 2.69 bits per heavy atom. The fourth-order valence-corrected chi connectivity index (χ4v) is 3.64. The van der Waals surface area contributed by atoms with E-state index in [1.807, 2.05) is 36.6 Å². The first-order valence-corrected chi connectivity index (χ1v) is 10.0. The number of aromatic nitrogens is 4. The monoisotopic (exact) mass is 407 g/mol. The van der Waals surface area contributed by atoms with Crippen LogP contribution in [0.2, 0.25) is 0 Å². The fourth-order valence-electron chi connectivity index (χ4n) is 2.84. The van der Waals surface area contributed by atoms with Crippen LogP contribution in [-0.2, 0) is 17.6 Å². The standard InChI is InChI=1S/C21H18FN5OS/c1-2-18-25-21(27-26-18)15-5-3-4-6-16(15)23-19(28)11-20-24-17(12-29-20)13-7-9-14(22)10-8-13/h3-10,12H,2,11H2,1H3,(H,23,28)(H,25,26,27). The number of nitrogens with one attached hydrogen (secondary N) is 2. The lowest BCUT2D eigenvalue weighted by Crippen LogP contribution is -2.15. The van der Waals surface area contributed by atoms with Crippen LogP contribution < -0.4 is 5.32 Å². The molecule has 0 unspecified atom stereocenters. The van der Waals surface area contributed by atoms with Crippen molar-refractivity contribution in [2.24, 2.45) is 0 Å². The van der Waals surface area contributed by atoms with Gasteiger partial charge < -0.3 is 5.32 Å². The Kier molecular flexibility index (Phi) is 5.44. The molecule has 0 radical (unpaired) electrons. The molecule has 2 aromatic carbocycles. The Morgan fingerprint density at radius 1 is 1.14 bits per heavy atom. The summed E-state index contributed by atoms with van der Waals surface area (Å²) in [7, 11) is 0. The molecule has 0 bridgehead atoms. The second-order valence-electron chi connectivity index (χ2n) is 6.36. The lowest BCUT2D eigenvalue weighted by Gasteiger charge is -2.08. The number of halogens is 1. The van der Waals surface area contributed by atoms with Gasteiger partial charge in [0.05, 0.1) is 17.8 Å². The number of carbonyl (C=O) groups is 1. The van der Waals surface area contributed by atoms with Crippen LogP contribution >= 0.6 is 11.3 Å². The van der Waals surface area contributed by atoms with Gasteiger partial charge in [0.1, 0.15) is 16.6 Å². The van der Waals surface area contributed by atoms with Gasteiger partial charge in [-0.25, -0.2) is 14.4 Å². The summed E-state index contributed by atoms with van der Waals surface area (Å²) in [6.45, 7) is 1.99. The first-order chi connectivity index (χ1) is 14.1. The Hall–Kier alpha value is -3.39. The third-order valence-electron chi connectivity index (χ3n) is 4.31. The van der Waals surface area contributed by atoms with Crippen molar-refractivity contribution in [1.29, 1.82) is 0 Å². The van der Waals surface area contributed by atoms with Crippen LogP contribution in [0.3, 0.4) is 0 Å². The number of benzene rings is 2. The fraction of sp³-hybridized carbons (Fsp3) is 0.143. The number of anilines is 1. The zero-order valence-electron chi connectivity index (χ0n) is 15.6. The molecular formula is C21H18FN5OS. The third-order valence-corrected chi connectivity index (χ3v) is 5.16. The zero-order valence-corrected chi connectivity index (χ0v) is 16.5. The molecule has 0 aliphatic rings. The number of aromatic amines is 1. The first-order valence-electron chi connectivity index (χ1n) is 9.13. The van der Waals surface area contributed by atoms with Gasteiger partial charge >= 0.3 is 0 Å². The summed E-state index contributed by atoms with van der Waals surface area (Å²) in [5.41, 5.74) is 2.94. The van der Waals surface area contributed by atoms with Crippen LogP contribution in [0.5, 0.6) is 0 Å². The molecule has 0 saturated heterocycles. The molecule has 146 valence electrons. The van der Waals surface area contributed by atoms with Crippen molar-refractivity contribution in [3.63, 3.8) is 0 Å². The van der Waals surface area contributed by atoms with Crippen molar-refractivity contribution in [3.05, 3.63) is 70.6 Å². The normalized spacial score (nSPS) is 10.8. The summed E-state index contributed by atoms with van der Waals surface area (Å²) in [5.74, 6) is 0.867. The van der Waals surface area contributed by atoms with Gasteiger partial charge in [0, 0.05) is 22.9 Å². The highest BCUT2D eigenvalue weighted by Gasteiger charge is 2.14. The SMILES string of the molecule is CCc1nc(-c2ccccc2NC(=O)Cc2nc(-c3ccc(F)cc3)cs2)n[nH]1. The van der Waals surface area contributed by atoms with E-state index in [0.29, 0.717) is 16.5 Å². The Bertz CT molecular complexity index is 1140. The average Bonchev–Trinajstić information content (AvgIpc) is 3.38. The minimum atomic E-state index is -0.292. The summed E-state index contributed by atoms with van der Waals surface area (Å²) in [6.07, 6.45) is 0.899. The zero-order chi connectivity index (χ0) is 20.2. The number of rotatable bonds is 6. The molecule has 2 aromatic heterocycles. The topological polar surface area (TPSA) is 83.6 Å². The van der Waals surface area contributed by atoms with Crippen molar-refractivity contribution in [2.45, 2.75) is 19.8 Å². The lowest BCUT2D eigenvalue weighted by atomic mass is 10.1. The van der Waals surface area contributed by atoms with E-state index in [-0.39, 0.29) is 18.1 Å². The van der Waals surface area contributed by atoms with E-state index < -0.39 is 0 Å². The van der Waals surface area contributed by atoms with Crippen LogP contribution in [0.4, 0.5) is 10.1 Å². The van der Waals surface area contributed by atoms with Crippen LogP contribution in [0.15, 0.2) is 53.9 Å². The Labute approximate surface area is 170 Å². The molecular weight excluding hydrogens is 389 g/mol. The minimum Gasteiger partial charge on any atom is -0.325 e. The van der Waals surface area contributed by atoms with Gasteiger partial charge in [-0.3, -0.25) is 9.89 Å². The molecule has 0 aliphatic carbocycles. The highest BCUT2D eigenvalue weighted by molar-refractivity contribution is 7.10. The number of hydrogen-bond donors (Lipinski definition) is 2. The van der Waals surface area contributed by atoms with E-state index in [2.05, 4.69) is 25.5 Å². The molecule has 0 spiro atoms. The predicted octanol–water partition coefficient (Wildman–Crippen LogP) is 4.48. The number of thiazole rings is 1. The predicted molar refractivity (Wildman–Crippen MR) is 111 cm³/mol. The molecule has 0 aliphatic heterocycles. The maximum atomic E-state index is 13.1. The quantitative estimate of drug-likeness (QED) is 0.494. The van der Waals surface area contributed by atoms with E-state index >= 15 is 0 Å². The van der Waals surface area contributed by atoms with E-state index in [9.17, 15) is 9.18 Å². The minimum absolute atomic E-state index is 0.147. The van der Waals surface area contributed by atoms with E-state index in [1.54, 1.807) is 12.1 Å². The number of aryl methyl sites for hydroxylation is 1. The van der Waals surface area contributed by atoms with Crippen LogP contribution in [0.25, 0.3) is 22.6 Å². The third kappa shape index (κ3) is 4.38. The maximum Gasteiger partial charge on any atom is 0.231 e. The van der Waals surface area contributed by atoms with Crippen molar-refractivity contribution in [3.8, 4) is 22.6 Å². The highest BCUT2D eigenvalue weighted by Crippen LogP contribution is 2.26. The van der Waals surface area contributed by atoms with E-state index in [1.165, 1.54) is 23.5 Å². The van der Waals surface area contributed by atoms with Crippen molar-refractivity contribution in [1.82, 2.24) is 20.2 Å². The number of hydrogen-bond acceptors (Lipinski definition) is 5. The van der Waals surface area contributed by atoms with Crippen molar-refractivity contribution >= 4 is 22.9 Å². The van der Waals surface area contributed by atoms with Gasteiger partial charge in [0.15, 0.2) is 5.82 Å². The molecule has 0 fully saturated rings. The number of amides is 1. The van der Waals surface area contributed by atoms with E-state index in [4.69, 9.17) is 0 Å². The van der Waals surface area contributed by atoms with Crippen molar-refractivity contribution < 1.29 is 9.18 Å². The molecule has 4 aromatic rings. The van der Waals surface area contributed by atoms with Crippen LogP contribution in [0.1, 0.15) is 17.8 Å². The number of para-hydroxylation sites is 1. The summed E-state index contributed by atoms with van der Waals surface area (Å²) in [5, 5.41) is 12.6. The number of carbonyl (C=O) groups excluding carboxylic acids is 1. The van der Waals surface area contributed by atoms with Gasteiger partial charge in [-0.15, -0.1) is 11.3 Å². The number of H-pyrrole nitrogens is 1. The smallest absolute Gasteiger partial charge is 0.231 e. The first kappa shape index (κ1) is 18.9. The van der Waals surface area contributed by atoms with Gasteiger partial charge in [-0.2, -0.15) is 5.10 Å². The second-order valence-corrected chi connectivity index (χ2v) is 7.31. The van der Waals surface area contributed by atoms with Gasteiger partial charge in [0.2, 0.25) is 5.91 Å². The average molecular weight is 407 g/mol. The molecule has 4 rings (SSSR count). The van der Waals surface area contributed by atoms with Gasteiger partial charge in [-0.1, -0.05) is 19.1 Å². The summed E-state index contributed by atoms with van der Waals surface area (Å²) in [4.78, 5) is 21.5. The Balaban J connectivity index is 1.47. The van der Waals surface area contributed by atoms with Crippen molar-refractivity contribution in [2.75, 3.05) is 5.32 Å². The molecule has 6 nitrogen and oxygen atoms in total. The summed E-state index contributed by atoms with van der Waals surface area (Å²) >= 11 is 1.40. The van der Waals surface area contributed by atoms with Crippen LogP contribution in [0, 0.1) is 5.82 Å². The van der Waals surface area contributed by atoms with Gasteiger partial charge in [-0.05, 0) is 36.4 Å². The number of nitrogens with zero attached hydrogens (tertiary/aromatic N) is 3. The molecule has 2 heterocycles. The molecule has 0 atom stereocenters. The summed E-state index contributed by atoms with van der Waals surface area (Å²) < 4.78 is 13.1. The van der Waals surface area contributed by atoms with Crippen LogP contribution in [-0.4, -0.2) is 26.1 Å². The lowest BCUT2D eigenvalue weighted by molar-refractivity contribution is -0.115. The highest BCUT2D eigenvalue weighted by atomic mass is 32.1. The second kappa shape index (κ2) is 8.32. The molecule has 0 saturated carbocycles. The molecule has 29 heavy (non-hydrogen) atoms. The van der Waals surface area contributed by atoms with Gasteiger partial charge in [0.25, 0.3) is 0 Å². The molecule has 8 heteroatoms. The largest absolute Gasteiger partial charge is 0.325 e. The molecule has 2 N–H and O–H groups in total. The maximum absolute atomic E-state index is 13.1. The van der Waals surface area contributed by atoms with E-state index in [0.717, 1.165) is 29.1 Å². The Morgan fingerprint density at radius 2 is 1.93 bits per heavy atom. The molecule has 1 amide bonds. The summed E-state index contributed by atoms with van der Waals surface area (Å²) in [6, 6.07) is 13.6.